The highest BCUT2D eigenvalue weighted by Crippen LogP contribution is 2.30. The number of rotatable bonds is 5. The first-order valence-electron chi connectivity index (χ1n) is 8.96. The smallest absolute Gasteiger partial charge is 0.234 e. The molecule has 0 aliphatic carbocycles. The van der Waals surface area contributed by atoms with Crippen molar-refractivity contribution >= 4 is 45.3 Å². The van der Waals surface area contributed by atoms with Crippen LogP contribution in [0.15, 0.2) is 82.4 Å². The zero-order valence-corrected chi connectivity index (χ0v) is 16.0. The van der Waals surface area contributed by atoms with Gasteiger partial charge in [-0.2, -0.15) is 4.68 Å². The molecule has 0 saturated carbocycles. The molecule has 2 heterocycles. The molecule has 7 nitrogen and oxygen atoms in total. The van der Waals surface area contributed by atoms with E-state index in [1.54, 1.807) is 4.68 Å². The van der Waals surface area contributed by atoms with Crippen LogP contribution in [0.25, 0.3) is 27.6 Å². The summed E-state index contributed by atoms with van der Waals surface area (Å²) in [5, 5.41) is 17.3. The molecule has 0 radical (unpaired) electrons. The molecule has 0 aliphatic rings. The molecule has 5 aromatic rings. The van der Waals surface area contributed by atoms with Crippen LogP contribution in [0.3, 0.4) is 0 Å². The Morgan fingerprint density at radius 3 is 2.66 bits per heavy atom. The van der Waals surface area contributed by atoms with Crippen LogP contribution < -0.4 is 5.32 Å². The van der Waals surface area contributed by atoms with Gasteiger partial charge in [-0.1, -0.05) is 48.2 Å². The van der Waals surface area contributed by atoms with Gasteiger partial charge in [0.2, 0.25) is 11.1 Å². The minimum atomic E-state index is -0.145. The van der Waals surface area contributed by atoms with Gasteiger partial charge in [0, 0.05) is 22.5 Å². The van der Waals surface area contributed by atoms with E-state index in [-0.39, 0.29) is 11.7 Å². The molecule has 2 aromatic heterocycles. The maximum atomic E-state index is 12.4. The van der Waals surface area contributed by atoms with Crippen molar-refractivity contribution < 1.29 is 9.21 Å². The average Bonchev–Trinajstić information content (AvgIpc) is 3.37. The van der Waals surface area contributed by atoms with E-state index < -0.39 is 0 Å². The lowest BCUT2D eigenvalue weighted by Crippen LogP contribution is -2.14. The quantitative estimate of drug-likeness (QED) is 0.442. The third-order valence-corrected chi connectivity index (χ3v) is 5.36. The second kappa shape index (κ2) is 7.40. The fraction of sp³-hybridized carbons (Fsp3) is 0.0476. The number of nitrogens with zero attached hydrogens (tertiary/aromatic N) is 4. The van der Waals surface area contributed by atoms with Gasteiger partial charge in [-0.25, -0.2) is 0 Å². The number of anilines is 1. The fourth-order valence-electron chi connectivity index (χ4n) is 3.13. The number of para-hydroxylation sites is 2. The number of carbonyl (C=O) groups excluding carboxylic acids is 1. The normalized spacial score (nSPS) is 11.2. The van der Waals surface area contributed by atoms with E-state index in [2.05, 4.69) is 20.8 Å². The van der Waals surface area contributed by atoms with Gasteiger partial charge in [-0.15, -0.1) is 5.10 Å². The summed E-state index contributed by atoms with van der Waals surface area (Å²) in [6.45, 7) is 0. The lowest BCUT2D eigenvalue weighted by molar-refractivity contribution is -0.113. The van der Waals surface area contributed by atoms with Crippen molar-refractivity contribution in [1.29, 1.82) is 0 Å². The summed E-state index contributed by atoms with van der Waals surface area (Å²) < 4.78 is 7.48. The number of benzene rings is 3. The Morgan fingerprint density at radius 1 is 0.966 bits per heavy atom. The highest BCUT2D eigenvalue weighted by molar-refractivity contribution is 7.99. The number of hydrogen-bond donors (Lipinski definition) is 1. The zero-order chi connectivity index (χ0) is 19.6. The van der Waals surface area contributed by atoms with E-state index in [0.717, 1.165) is 27.6 Å². The molecule has 0 saturated heterocycles. The molecule has 3 aromatic carbocycles. The Kier molecular flexibility index (Phi) is 4.45. The van der Waals surface area contributed by atoms with E-state index >= 15 is 0 Å². The lowest BCUT2D eigenvalue weighted by atomic mass is 10.1. The fourth-order valence-corrected chi connectivity index (χ4v) is 3.82. The molecule has 0 unspecified atom stereocenters. The Morgan fingerprint density at radius 2 is 1.76 bits per heavy atom. The van der Waals surface area contributed by atoms with Crippen LogP contribution in [0.1, 0.15) is 0 Å². The molecule has 29 heavy (non-hydrogen) atoms. The number of tetrazole rings is 1. The summed E-state index contributed by atoms with van der Waals surface area (Å²) >= 11 is 1.27. The molecule has 1 amide bonds. The summed E-state index contributed by atoms with van der Waals surface area (Å²) in [6, 6.07) is 23.1. The standard InChI is InChI=1S/C21H15N5O2S/c27-20(13-29-21-23-24-25-26(21)15-6-2-1-3-7-15)22-14-10-11-17-16-8-4-5-9-18(16)28-19(17)12-14/h1-12H,13H2,(H,22,27). The number of furan rings is 1. The van der Waals surface area contributed by atoms with E-state index in [4.69, 9.17) is 4.42 Å². The molecule has 0 fully saturated rings. The second-order valence-corrected chi connectivity index (χ2v) is 7.30. The van der Waals surface area contributed by atoms with Gasteiger partial charge in [0.05, 0.1) is 11.4 Å². The SMILES string of the molecule is O=C(CSc1nnnn1-c1ccccc1)Nc1ccc2c(c1)oc1ccccc12. The molecular weight excluding hydrogens is 386 g/mol. The molecule has 8 heteroatoms. The molecular formula is C21H15N5O2S. The number of aromatic nitrogens is 4. The van der Waals surface area contributed by atoms with Crippen molar-refractivity contribution in [2.75, 3.05) is 11.1 Å². The predicted molar refractivity (Wildman–Crippen MR) is 112 cm³/mol. The minimum Gasteiger partial charge on any atom is -0.456 e. The monoisotopic (exact) mass is 401 g/mol. The van der Waals surface area contributed by atoms with Crippen molar-refractivity contribution in [2.24, 2.45) is 0 Å². The topological polar surface area (TPSA) is 85.8 Å². The molecule has 0 spiro atoms. The highest BCUT2D eigenvalue weighted by Gasteiger charge is 2.12. The number of amides is 1. The van der Waals surface area contributed by atoms with Gasteiger partial charge >= 0.3 is 0 Å². The summed E-state index contributed by atoms with van der Waals surface area (Å²) in [5.41, 5.74) is 3.10. The summed E-state index contributed by atoms with van der Waals surface area (Å²) in [5.74, 6) is 0.0406. The molecule has 0 aliphatic heterocycles. The van der Waals surface area contributed by atoms with E-state index in [1.165, 1.54) is 11.8 Å². The Labute approximate surface area is 169 Å². The zero-order valence-electron chi connectivity index (χ0n) is 15.1. The molecule has 142 valence electrons. The molecule has 0 atom stereocenters. The Bertz CT molecular complexity index is 1310. The van der Waals surface area contributed by atoms with E-state index in [1.807, 2.05) is 72.8 Å². The molecule has 5 rings (SSSR count). The van der Waals surface area contributed by atoms with Crippen molar-refractivity contribution in [2.45, 2.75) is 5.16 Å². The third-order valence-electron chi connectivity index (χ3n) is 4.44. The first kappa shape index (κ1) is 17.4. The maximum Gasteiger partial charge on any atom is 0.234 e. The first-order valence-corrected chi connectivity index (χ1v) is 9.94. The van der Waals surface area contributed by atoms with Crippen LogP contribution in [0, 0.1) is 0 Å². The van der Waals surface area contributed by atoms with Crippen LogP contribution in [-0.4, -0.2) is 31.9 Å². The minimum absolute atomic E-state index is 0.145. The highest BCUT2D eigenvalue weighted by atomic mass is 32.2. The number of nitrogens with one attached hydrogen (secondary N) is 1. The predicted octanol–water partition coefficient (Wildman–Crippen LogP) is 4.29. The van der Waals surface area contributed by atoms with E-state index in [9.17, 15) is 4.79 Å². The largest absolute Gasteiger partial charge is 0.456 e. The number of carbonyl (C=O) groups is 1. The maximum absolute atomic E-state index is 12.4. The van der Waals surface area contributed by atoms with Crippen molar-refractivity contribution in [1.82, 2.24) is 20.2 Å². The summed E-state index contributed by atoms with van der Waals surface area (Å²) in [4.78, 5) is 12.4. The number of thioether (sulfide) groups is 1. The first-order chi connectivity index (χ1) is 14.3. The summed E-state index contributed by atoms with van der Waals surface area (Å²) in [6.07, 6.45) is 0. The van der Waals surface area contributed by atoms with Crippen LogP contribution in [0.2, 0.25) is 0 Å². The van der Waals surface area contributed by atoms with E-state index in [0.29, 0.717) is 10.8 Å². The Balaban J connectivity index is 1.29. The third kappa shape index (κ3) is 3.45. The van der Waals surface area contributed by atoms with Crippen LogP contribution >= 0.6 is 11.8 Å². The number of fused-ring (bicyclic) bond motifs is 3. The van der Waals surface area contributed by atoms with Crippen molar-refractivity contribution in [3.8, 4) is 5.69 Å². The van der Waals surface area contributed by atoms with Gasteiger partial charge in [-0.3, -0.25) is 4.79 Å². The van der Waals surface area contributed by atoms with Gasteiger partial charge in [-0.05, 0) is 40.8 Å². The van der Waals surface area contributed by atoms with Gasteiger partial charge in [0.1, 0.15) is 11.2 Å². The second-order valence-electron chi connectivity index (χ2n) is 6.35. The van der Waals surface area contributed by atoms with Gasteiger partial charge < -0.3 is 9.73 Å². The lowest BCUT2D eigenvalue weighted by Gasteiger charge is -2.06. The molecule has 1 N–H and O–H groups in total. The number of hydrogen-bond acceptors (Lipinski definition) is 6. The van der Waals surface area contributed by atoms with Crippen LogP contribution in [0.4, 0.5) is 5.69 Å². The Hall–Kier alpha value is -3.65. The van der Waals surface area contributed by atoms with Crippen LogP contribution in [0.5, 0.6) is 0 Å². The summed E-state index contributed by atoms with van der Waals surface area (Å²) in [7, 11) is 0. The van der Waals surface area contributed by atoms with Gasteiger partial charge in [0.25, 0.3) is 0 Å². The van der Waals surface area contributed by atoms with Gasteiger partial charge in [0.15, 0.2) is 0 Å². The van der Waals surface area contributed by atoms with Crippen molar-refractivity contribution in [3.63, 3.8) is 0 Å². The van der Waals surface area contributed by atoms with Crippen LogP contribution in [-0.2, 0) is 4.79 Å². The molecule has 0 bridgehead atoms. The average molecular weight is 401 g/mol. The van der Waals surface area contributed by atoms with Crippen molar-refractivity contribution in [3.05, 3.63) is 72.8 Å².